The zero-order valence-electron chi connectivity index (χ0n) is 9.83. The number of carbonyl (C=O) groups is 2. The Hall–Kier alpha value is -0.900. The highest BCUT2D eigenvalue weighted by molar-refractivity contribution is 5.87. The van der Waals surface area contributed by atoms with Gasteiger partial charge in [0.15, 0.2) is 5.78 Å². The van der Waals surface area contributed by atoms with Crippen molar-refractivity contribution >= 4 is 11.7 Å². The van der Waals surface area contributed by atoms with Gasteiger partial charge in [-0.3, -0.25) is 9.59 Å². The number of rotatable bonds is 3. The van der Waals surface area contributed by atoms with Gasteiger partial charge in [0, 0.05) is 20.1 Å². The SMILES string of the molecule is COC1(CC(=O)N2CCCC(=O)C2)CCC1. The molecule has 1 saturated heterocycles. The summed E-state index contributed by atoms with van der Waals surface area (Å²) in [5, 5.41) is 0. The molecule has 0 spiro atoms. The predicted octanol–water partition coefficient (Wildman–Crippen LogP) is 1.14. The van der Waals surface area contributed by atoms with Gasteiger partial charge >= 0.3 is 0 Å². The first-order valence-electron chi connectivity index (χ1n) is 6.00. The molecule has 0 aromatic rings. The Labute approximate surface area is 95.9 Å². The number of hydrogen-bond acceptors (Lipinski definition) is 3. The minimum atomic E-state index is -0.225. The molecular formula is C12H19NO3. The molecule has 0 radical (unpaired) electrons. The standard InChI is InChI=1S/C12H19NO3/c1-16-12(5-3-6-12)8-11(15)13-7-2-4-10(14)9-13/h2-9H2,1H3. The van der Waals surface area contributed by atoms with Gasteiger partial charge in [-0.2, -0.15) is 0 Å². The minimum absolute atomic E-state index is 0.0783. The Morgan fingerprint density at radius 1 is 1.44 bits per heavy atom. The lowest BCUT2D eigenvalue weighted by atomic mass is 9.77. The second-order valence-corrected chi connectivity index (χ2v) is 4.87. The van der Waals surface area contributed by atoms with E-state index in [1.54, 1.807) is 12.0 Å². The molecule has 0 aromatic carbocycles. The van der Waals surface area contributed by atoms with Gasteiger partial charge in [0.25, 0.3) is 0 Å². The zero-order chi connectivity index (χ0) is 11.6. The van der Waals surface area contributed by atoms with Crippen LogP contribution in [-0.4, -0.2) is 42.4 Å². The molecule has 1 amide bonds. The highest BCUT2D eigenvalue weighted by atomic mass is 16.5. The summed E-state index contributed by atoms with van der Waals surface area (Å²) in [6.45, 7) is 1.03. The average molecular weight is 225 g/mol. The van der Waals surface area contributed by atoms with Crippen LogP contribution in [0.1, 0.15) is 38.5 Å². The maximum absolute atomic E-state index is 12.0. The van der Waals surface area contributed by atoms with Crippen LogP contribution in [0.15, 0.2) is 0 Å². The number of methoxy groups -OCH3 is 1. The van der Waals surface area contributed by atoms with E-state index in [0.717, 1.165) is 32.2 Å². The van der Waals surface area contributed by atoms with E-state index in [1.165, 1.54) is 0 Å². The molecular weight excluding hydrogens is 206 g/mol. The van der Waals surface area contributed by atoms with Crippen LogP contribution in [0, 0.1) is 0 Å². The maximum Gasteiger partial charge on any atom is 0.225 e. The van der Waals surface area contributed by atoms with Crippen molar-refractivity contribution in [3.8, 4) is 0 Å². The largest absolute Gasteiger partial charge is 0.378 e. The Morgan fingerprint density at radius 2 is 2.19 bits per heavy atom. The van der Waals surface area contributed by atoms with Crippen LogP contribution >= 0.6 is 0 Å². The third-order valence-corrected chi connectivity index (χ3v) is 3.77. The number of ether oxygens (including phenoxy) is 1. The fourth-order valence-corrected chi connectivity index (χ4v) is 2.46. The monoisotopic (exact) mass is 225 g/mol. The van der Waals surface area contributed by atoms with E-state index in [-0.39, 0.29) is 17.3 Å². The van der Waals surface area contributed by atoms with Gasteiger partial charge in [-0.25, -0.2) is 0 Å². The third-order valence-electron chi connectivity index (χ3n) is 3.77. The third kappa shape index (κ3) is 2.26. The maximum atomic E-state index is 12.0. The normalized spacial score (nSPS) is 24.1. The van der Waals surface area contributed by atoms with Gasteiger partial charge in [0.2, 0.25) is 5.91 Å². The average Bonchev–Trinajstić information content (AvgIpc) is 2.23. The van der Waals surface area contributed by atoms with Crippen molar-refractivity contribution in [1.29, 1.82) is 0 Å². The van der Waals surface area contributed by atoms with Crippen molar-refractivity contribution in [3.63, 3.8) is 0 Å². The molecule has 4 nitrogen and oxygen atoms in total. The van der Waals surface area contributed by atoms with Crippen LogP contribution in [0.25, 0.3) is 0 Å². The number of Topliss-reactive ketones (excluding diaryl/α,β-unsaturated/α-hetero) is 1. The Balaban J connectivity index is 1.89. The number of piperidine rings is 1. The lowest BCUT2D eigenvalue weighted by Crippen LogP contribution is -2.47. The van der Waals surface area contributed by atoms with E-state index in [9.17, 15) is 9.59 Å². The zero-order valence-corrected chi connectivity index (χ0v) is 9.83. The Morgan fingerprint density at radius 3 is 2.69 bits per heavy atom. The molecule has 2 rings (SSSR count). The van der Waals surface area contributed by atoms with Gasteiger partial charge < -0.3 is 9.64 Å². The van der Waals surface area contributed by atoms with Crippen LogP contribution < -0.4 is 0 Å². The first kappa shape index (κ1) is 11.6. The summed E-state index contributed by atoms with van der Waals surface area (Å²) in [6.07, 6.45) is 4.95. The van der Waals surface area contributed by atoms with E-state index < -0.39 is 0 Å². The molecule has 1 aliphatic heterocycles. The summed E-state index contributed by atoms with van der Waals surface area (Å²) < 4.78 is 5.43. The molecule has 90 valence electrons. The molecule has 1 heterocycles. The molecule has 0 unspecified atom stereocenters. The van der Waals surface area contributed by atoms with Gasteiger partial charge in [0.05, 0.1) is 18.6 Å². The summed E-state index contributed by atoms with van der Waals surface area (Å²) in [6, 6.07) is 0. The first-order valence-corrected chi connectivity index (χ1v) is 6.00. The first-order chi connectivity index (χ1) is 7.65. The fraction of sp³-hybridized carbons (Fsp3) is 0.833. The molecule has 0 aromatic heterocycles. The van der Waals surface area contributed by atoms with Crippen molar-refractivity contribution in [3.05, 3.63) is 0 Å². The molecule has 2 fully saturated rings. The van der Waals surface area contributed by atoms with Gasteiger partial charge in [-0.05, 0) is 25.7 Å². The van der Waals surface area contributed by atoms with Crippen molar-refractivity contribution in [2.75, 3.05) is 20.2 Å². The molecule has 16 heavy (non-hydrogen) atoms. The van der Waals surface area contributed by atoms with Gasteiger partial charge in [-0.1, -0.05) is 0 Å². The Bertz CT molecular complexity index is 291. The number of amides is 1. The number of hydrogen-bond donors (Lipinski definition) is 0. The lowest BCUT2D eigenvalue weighted by Gasteiger charge is -2.41. The van der Waals surface area contributed by atoms with Crippen molar-refractivity contribution < 1.29 is 14.3 Å². The summed E-state index contributed by atoms with van der Waals surface area (Å²) in [5.74, 6) is 0.259. The highest BCUT2D eigenvalue weighted by Gasteiger charge is 2.40. The van der Waals surface area contributed by atoms with Gasteiger partial charge in [-0.15, -0.1) is 0 Å². The quantitative estimate of drug-likeness (QED) is 0.723. The topological polar surface area (TPSA) is 46.6 Å². The molecule has 1 aliphatic carbocycles. The Kier molecular flexibility index (Phi) is 3.28. The second kappa shape index (κ2) is 4.53. The van der Waals surface area contributed by atoms with Crippen LogP contribution in [0.5, 0.6) is 0 Å². The minimum Gasteiger partial charge on any atom is -0.378 e. The predicted molar refractivity (Wildman–Crippen MR) is 59.0 cm³/mol. The molecule has 4 heteroatoms. The number of nitrogens with zero attached hydrogens (tertiary/aromatic N) is 1. The molecule has 0 bridgehead atoms. The lowest BCUT2D eigenvalue weighted by molar-refractivity contribution is -0.147. The number of carbonyl (C=O) groups excluding carboxylic acids is 2. The van der Waals surface area contributed by atoms with E-state index in [0.29, 0.717) is 19.4 Å². The van der Waals surface area contributed by atoms with E-state index in [1.807, 2.05) is 0 Å². The summed E-state index contributed by atoms with van der Waals surface area (Å²) in [7, 11) is 1.67. The molecule has 0 atom stereocenters. The second-order valence-electron chi connectivity index (χ2n) is 4.87. The van der Waals surface area contributed by atoms with Crippen LogP contribution in [0.3, 0.4) is 0 Å². The van der Waals surface area contributed by atoms with Crippen LogP contribution in [0.2, 0.25) is 0 Å². The number of likely N-dealkylation sites (tertiary alicyclic amines) is 1. The highest BCUT2D eigenvalue weighted by Crippen LogP contribution is 2.38. The van der Waals surface area contributed by atoms with Gasteiger partial charge in [0.1, 0.15) is 0 Å². The number of ketones is 1. The summed E-state index contributed by atoms with van der Waals surface area (Å²) >= 11 is 0. The smallest absolute Gasteiger partial charge is 0.225 e. The van der Waals surface area contributed by atoms with Crippen molar-refractivity contribution in [2.45, 2.75) is 44.1 Å². The molecule has 0 N–H and O–H groups in total. The van der Waals surface area contributed by atoms with Crippen molar-refractivity contribution in [1.82, 2.24) is 4.90 Å². The molecule has 1 saturated carbocycles. The van der Waals surface area contributed by atoms with E-state index >= 15 is 0 Å². The molecule has 2 aliphatic rings. The summed E-state index contributed by atoms with van der Waals surface area (Å²) in [4.78, 5) is 25.0. The van der Waals surface area contributed by atoms with Crippen LogP contribution in [-0.2, 0) is 14.3 Å². The van der Waals surface area contributed by atoms with Crippen LogP contribution in [0.4, 0.5) is 0 Å². The van der Waals surface area contributed by atoms with Crippen molar-refractivity contribution in [2.24, 2.45) is 0 Å². The van der Waals surface area contributed by atoms with E-state index in [4.69, 9.17) is 4.74 Å². The van der Waals surface area contributed by atoms with E-state index in [2.05, 4.69) is 0 Å². The fourth-order valence-electron chi connectivity index (χ4n) is 2.46. The summed E-state index contributed by atoms with van der Waals surface area (Å²) in [5.41, 5.74) is -0.225.